The van der Waals surface area contributed by atoms with Gasteiger partial charge in [0.15, 0.2) is 5.00 Å². The minimum Gasteiger partial charge on any atom is -0.301 e. The van der Waals surface area contributed by atoms with E-state index in [2.05, 4.69) is 5.87 Å². The first-order valence-electron chi connectivity index (χ1n) is 4.98. The predicted octanol–water partition coefficient (Wildman–Crippen LogP) is 1.29. The van der Waals surface area contributed by atoms with Crippen LogP contribution in [0.1, 0.15) is 13.8 Å². The summed E-state index contributed by atoms with van der Waals surface area (Å²) in [7, 11) is -11.8. The molecule has 0 saturated carbocycles. The van der Waals surface area contributed by atoms with E-state index >= 15 is 0 Å². The quantitative estimate of drug-likeness (QED) is 0.369. The second-order valence-corrected chi connectivity index (χ2v) is 10.0. The standard InChI is InChI=1S/C7H10F7NO5S3/c1-4(2,8)22(3,18)15-23(19,20)7(13,14)5(9,10)6(11,12)21(16)17/h3H2,1-2H3,(H,15,18)(H,16,17). The zero-order chi connectivity index (χ0) is 19.3. The molecule has 0 aliphatic carbocycles. The SMILES string of the molecule is C=S(=O)(NS(=O)(=O)C(F)(F)C(F)(F)C(F)(F)S(=O)O)C(C)(C)F. The van der Waals surface area contributed by atoms with Gasteiger partial charge >= 0.3 is 16.4 Å². The Morgan fingerprint density at radius 1 is 1.00 bits per heavy atom. The van der Waals surface area contributed by atoms with E-state index in [0.29, 0.717) is 18.0 Å². The van der Waals surface area contributed by atoms with Crippen molar-refractivity contribution in [1.82, 2.24) is 4.13 Å². The second-order valence-electron chi connectivity index (χ2n) is 4.48. The van der Waals surface area contributed by atoms with Crippen molar-refractivity contribution in [2.45, 2.75) is 35.3 Å². The number of nitrogens with one attached hydrogen (secondary N) is 1. The summed E-state index contributed by atoms with van der Waals surface area (Å²) >= 11 is -4.88. The van der Waals surface area contributed by atoms with Crippen molar-refractivity contribution in [1.29, 1.82) is 0 Å². The van der Waals surface area contributed by atoms with Crippen LogP contribution in [0.3, 0.4) is 0 Å². The zero-order valence-corrected chi connectivity index (χ0v) is 13.6. The number of rotatable bonds is 7. The molecule has 16 heteroatoms. The fraction of sp³-hybridized carbons (Fsp3) is 0.857. The maximum absolute atomic E-state index is 13.4. The van der Waals surface area contributed by atoms with Gasteiger partial charge in [-0.3, -0.25) is 0 Å². The predicted molar refractivity (Wildman–Crippen MR) is 68.1 cm³/mol. The number of sulfonamides is 1. The fourth-order valence-electron chi connectivity index (χ4n) is 0.776. The average Bonchev–Trinajstić information content (AvgIpc) is 2.24. The van der Waals surface area contributed by atoms with Crippen LogP contribution in [-0.2, 0) is 30.8 Å². The van der Waals surface area contributed by atoms with Crippen molar-refractivity contribution < 1.29 is 52.1 Å². The van der Waals surface area contributed by atoms with E-state index in [1.807, 2.05) is 0 Å². The molecule has 2 atom stereocenters. The highest BCUT2D eigenvalue weighted by Gasteiger charge is 2.80. The van der Waals surface area contributed by atoms with Crippen LogP contribution in [0.15, 0.2) is 0 Å². The summed E-state index contributed by atoms with van der Waals surface area (Å²) in [5.41, 5.74) is 0. The largest absolute Gasteiger partial charge is 0.428 e. The monoisotopic (exact) mass is 417 g/mol. The molecule has 0 saturated heterocycles. The van der Waals surface area contributed by atoms with Gasteiger partial charge in [0.05, 0.1) is 9.71 Å². The number of hydrogen-bond donors (Lipinski definition) is 2. The summed E-state index contributed by atoms with van der Waals surface area (Å²) in [5, 5.41) is -16.3. The maximum atomic E-state index is 13.4. The zero-order valence-electron chi connectivity index (χ0n) is 11.2. The van der Waals surface area contributed by atoms with Crippen LogP contribution in [0.5, 0.6) is 0 Å². The molecule has 140 valence electrons. The third-order valence-electron chi connectivity index (χ3n) is 2.32. The molecule has 2 N–H and O–H groups in total. The summed E-state index contributed by atoms with van der Waals surface area (Å²) in [5.74, 6) is -4.49. The first-order valence-corrected chi connectivity index (χ1v) is 9.30. The smallest absolute Gasteiger partial charge is 0.301 e. The molecule has 0 spiro atoms. The molecule has 0 aliphatic heterocycles. The van der Waals surface area contributed by atoms with Gasteiger partial charge in [0.1, 0.15) is 0 Å². The van der Waals surface area contributed by atoms with Gasteiger partial charge in [0.25, 0.3) is 10.0 Å². The topological polar surface area (TPSA) is 101 Å². The van der Waals surface area contributed by atoms with Gasteiger partial charge in [-0.05, 0) is 19.7 Å². The minimum atomic E-state index is -6.91. The van der Waals surface area contributed by atoms with Gasteiger partial charge in [-0.2, -0.15) is 26.3 Å². The van der Waals surface area contributed by atoms with Crippen LogP contribution < -0.4 is 4.13 Å². The molecular weight excluding hydrogens is 407 g/mol. The highest BCUT2D eigenvalue weighted by molar-refractivity contribution is 8.10. The van der Waals surface area contributed by atoms with Gasteiger partial charge in [-0.1, -0.05) is 0 Å². The Balaban J connectivity index is 6.18. The molecule has 0 aromatic heterocycles. The molecule has 6 nitrogen and oxygen atoms in total. The van der Waals surface area contributed by atoms with Crippen LogP contribution in [0.4, 0.5) is 30.7 Å². The molecule has 2 unspecified atom stereocenters. The van der Waals surface area contributed by atoms with Crippen LogP contribution in [0.25, 0.3) is 0 Å². The van der Waals surface area contributed by atoms with Crippen molar-refractivity contribution in [3.8, 4) is 0 Å². The van der Waals surface area contributed by atoms with Gasteiger partial charge in [0, 0.05) is 0 Å². The maximum Gasteiger partial charge on any atom is 0.428 e. The third-order valence-corrected chi connectivity index (χ3v) is 7.47. The average molecular weight is 417 g/mol. The Labute approximate surface area is 128 Å². The van der Waals surface area contributed by atoms with Crippen LogP contribution >= 0.6 is 0 Å². The lowest BCUT2D eigenvalue weighted by Crippen LogP contribution is -2.62. The molecule has 0 bridgehead atoms. The van der Waals surface area contributed by atoms with E-state index < -0.39 is 52.2 Å². The molecule has 0 heterocycles. The van der Waals surface area contributed by atoms with Crippen LogP contribution in [0, 0.1) is 0 Å². The molecular formula is C7H10F7NO5S3. The number of halogens is 7. The lowest BCUT2D eigenvalue weighted by molar-refractivity contribution is -0.244. The number of alkyl halides is 7. The highest BCUT2D eigenvalue weighted by atomic mass is 32.3. The Morgan fingerprint density at radius 3 is 1.61 bits per heavy atom. The first kappa shape index (κ1) is 22.6. The Kier molecular flexibility index (Phi) is 5.70. The molecule has 0 fully saturated rings. The minimum absolute atomic E-state index is 0.300. The van der Waals surface area contributed by atoms with Crippen LogP contribution in [0.2, 0.25) is 0 Å². The van der Waals surface area contributed by atoms with Gasteiger partial charge in [-0.25, -0.2) is 21.2 Å². The second kappa shape index (κ2) is 5.82. The summed E-state index contributed by atoms with van der Waals surface area (Å²) in [6.45, 7) is 0.775. The molecule has 23 heavy (non-hydrogen) atoms. The van der Waals surface area contributed by atoms with Crippen molar-refractivity contribution in [3.05, 3.63) is 0 Å². The lowest BCUT2D eigenvalue weighted by atomic mass is 10.3. The van der Waals surface area contributed by atoms with Crippen LogP contribution in [-0.4, -0.2) is 48.7 Å². The Hall–Kier alpha value is -0.450. The molecule has 0 rings (SSSR count). The summed E-state index contributed by atoms with van der Waals surface area (Å²) in [6.07, 6.45) is 0. The Bertz CT molecular complexity index is 694. The van der Waals surface area contributed by atoms with Crippen molar-refractivity contribution in [3.63, 3.8) is 0 Å². The van der Waals surface area contributed by atoms with E-state index in [1.54, 1.807) is 0 Å². The van der Waals surface area contributed by atoms with E-state index in [-0.39, 0.29) is 0 Å². The highest BCUT2D eigenvalue weighted by Crippen LogP contribution is 2.49. The van der Waals surface area contributed by atoms with E-state index in [9.17, 15) is 47.6 Å². The summed E-state index contributed by atoms with van der Waals surface area (Å²) in [6, 6.07) is 0. The molecule has 0 amide bonds. The molecule has 0 aromatic rings. The normalized spacial score (nSPS) is 19.2. The summed E-state index contributed by atoms with van der Waals surface area (Å²) in [4.78, 5) is 0. The van der Waals surface area contributed by atoms with Crippen molar-refractivity contribution >= 4 is 36.7 Å². The van der Waals surface area contributed by atoms with E-state index in [4.69, 9.17) is 4.55 Å². The van der Waals surface area contributed by atoms with Gasteiger partial charge < -0.3 is 4.55 Å². The van der Waals surface area contributed by atoms with Gasteiger partial charge in [0.2, 0.25) is 11.1 Å². The fourth-order valence-corrected chi connectivity index (χ4v) is 4.28. The third kappa shape index (κ3) is 3.64. The molecule has 0 aliphatic rings. The molecule has 0 radical (unpaired) electrons. The van der Waals surface area contributed by atoms with E-state index in [0.717, 1.165) is 0 Å². The van der Waals surface area contributed by atoms with Crippen molar-refractivity contribution in [2.75, 3.05) is 0 Å². The van der Waals surface area contributed by atoms with Gasteiger partial charge in [-0.15, -0.1) is 4.13 Å². The number of hydrogen-bond acceptors (Lipinski definition) is 4. The molecule has 0 aromatic carbocycles. The Morgan fingerprint density at radius 2 is 1.35 bits per heavy atom. The first-order chi connectivity index (χ1) is 9.65. The van der Waals surface area contributed by atoms with E-state index in [1.165, 1.54) is 0 Å². The summed E-state index contributed by atoms with van der Waals surface area (Å²) < 4.78 is 144. The van der Waals surface area contributed by atoms with Crippen molar-refractivity contribution in [2.24, 2.45) is 0 Å². The lowest BCUT2D eigenvalue weighted by Gasteiger charge is -2.31.